The predicted octanol–water partition coefficient (Wildman–Crippen LogP) is -1.62. The van der Waals surface area contributed by atoms with Crippen molar-refractivity contribution in [2.24, 2.45) is 5.73 Å². The fourth-order valence-corrected chi connectivity index (χ4v) is 2.72. The highest BCUT2D eigenvalue weighted by Crippen LogP contribution is 2.06. The molecule has 0 aliphatic carbocycles. The van der Waals surface area contributed by atoms with Crippen LogP contribution in [0.25, 0.3) is 0 Å². The van der Waals surface area contributed by atoms with Crippen molar-refractivity contribution >= 4 is 16.1 Å². The molecule has 0 aromatic carbocycles. The first-order valence-corrected chi connectivity index (χ1v) is 7.13. The molecule has 1 aliphatic rings. The number of carbonyl (C=O) groups is 1. The normalized spacial score (nSPS) is 21.6. The van der Waals surface area contributed by atoms with Gasteiger partial charge in [-0.05, 0) is 25.8 Å². The Labute approximate surface area is 102 Å². The van der Waals surface area contributed by atoms with Crippen LogP contribution in [-0.2, 0) is 15.0 Å². The Morgan fingerprint density at radius 3 is 2.88 bits per heavy atom. The average Bonchev–Trinajstić information content (AvgIpc) is 2.28. The molecule has 1 rings (SSSR count). The lowest BCUT2D eigenvalue weighted by Crippen LogP contribution is -2.53. The van der Waals surface area contributed by atoms with Crippen molar-refractivity contribution in [1.82, 2.24) is 14.3 Å². The van der Waals surface area contributed by atoms with E-state index in [1.165, 1.54) is 11.4 Å². The first-order chi connectivity index (χ1) is 7.97. The quantitative estimate of drug-likeness (QED) is 0.536. The molecule has 0 aromatic rings. The number of carbonyl (C=O) groups excluding carboxylic acids is 1. The van der Waals surface area contributed by atoms with Gasteiger partial charge in [0.25, 0.3) is 10.2 Å². The second-order valence-electron chi connectivity index (χ2n) is 4.07. The third-order valence-electron chi connectivity index (χ3n) is 2.66. The fourth-order valence-electron chi connectivity index (χ4n) is 1.59. The highest BCUT2D eigenvalue weighted by atomic mass is 32.2. The lowest BCUT2D eigenvalue weighted by molar-refractivity contribution is -0.124. The van der Waals surface area contributed by atoms with Crippen LogP contribution in [0.3, 0.4) is 0 Å². The van der Waals surface area contributed by atoms with Gasteiger partial charge in [0.05, 0.1) is 0 Å². The summed E-state index contributed by atoms with van der Waals surface area (Å²) in [6, 6.07) is -0.658. The molecule has 7 nitrogen and oxygen atoms in total. The zero-order chi connectivity index (χ0) is 12.9. The van der Waals surface area contributed by atoms with Crippen LogP contribution in [0.2, 0.25) is 0 Å². The third kappa shape index (κ3) is 4.23. The van der Waals surface area contributed by atoms with E-state index in [-0.39, 0.29) is 5.91 Å². The molecule has 1 fully saturated rings. The second-order valence-corrected chi connectivity index (χ2v) is 5.88. The molecule has 0 radical (unpaired) electrons. The minimum atomic E-state index is -3.60. The molecule has 1 atom stereocenters. The summed E-state index contributed by atoms with van der Waals surface area (Å²) in [5.41, 5.74) is 5.32. The standard InChI is InChI=1S/C9H20N4O3S/c1-13(7-3-5-10)17(15,16)12-8-4-2-6-11-9(8)14/h8,12H,2-7,10H2,1H3,(H,11,14). The smallest absolute Gasteiger partial charge is 0.279 e. The van der Waals surface area contributed by atoms with Gasteiger partial charge in [0.2, 0.25) is 5.91 Å². The van der Waals surface area contributed by atoms with Gasteiger partial charge in [-0.15, -0.1) is 0 Å². The van der Waals surface area contributed by atoms with Crippen LogP contribution in [0.4, 0.5) is 0 Å². The summed E-state index contributed by atoms with van der Waals surface area (Å²) in [5.74, 6) is -0.257. The highest BCUT2D eigenvalue weighted by Gasteiger charge is 2.28. The van der Waals surface area contributed by atoms with Crippen molar-refractivity contribution in [3.8, 4) is 0 Å². The van der Waals surface area contributed by atoms with E-state index in [1.807, 2.05) is 0 Å². The summed E-state index contributed by atoms with van der Waals surface area (Å²) < 4.78 is 27.3. The lowest BCUT2D eigenvalue weighted by atomic mass is 10.1. The minimum Gasteiger partial charge on any atom is -0.355 e. The van der Waals surface area contributed by atoms with E-state index in [1.54, 1.807) is 0 Å². The summed E-state index contributed by atoms with van der Waals surface area (Å²) in [5, 5.41) is 2.63. The molecule has 1 saturated heterocycles. The molecule has 17 heavy (non-hydrogen) atoms. The van der Waals surface area contributed by atoms with Crippen molar-refractivity contribution in [3.63, 3.8) is 0 Å². The molecule has 1 unspecified atom stereocenters. The molecular formula is C9H20N4O3S. The number of rotatable bonds is 6. The van der Waals surface area contributed by atoms with Gasteiger partial charge < -0.3 is 11.1 Å². The molecule has 0 saturated carbocycles. The SMILES string of the molecule is CN(CCCN)S(=O)(=O)NC1CCCNC1=O. The van der Waals surface area contributed by atoms with Gasteiger partial charge in [-0.3, -0.25) is 4.79 Å². The first-order valence-electron chi connectivity index (χ1n) is 5.68. The van der Waals surface area contributed by atoms with Gasteiger partial charge in [-0.25, -0.2) is 0 Å². The zero-order valence-corrected chi connectivity index (χ0v) is 10.8. The maximum atomic E-state index is 11.8. The average molecular weight is 264 g/mol. The van der Waals surface area contributed by atoms with Crippen molar-refractivity contribution in [2.45, 2.75) is 25.3 Å². The van der Waals surface area contributed by atoms with Gasteiger partial charge in [0.15, 0.2) is 0 Å². The van der Waals surface area contributed by atoms with E-state index in [0.29, 0.717) is 32.5 Å². The Kier molecular flexibility index (Phi) is 5.31. The fraction of sp³-hybridized carbons (Fsp3) is 0.889. The molecule has 0 aromatic heterocycles. The van der Waals surface area contributed by atoms with Gasteiger partial charge in [-0.1, -0.05) is 0 Å². The van der Waals surface area contributed by atoms with Gasteiger partial charge in [0.1, 0.15) is 6.04 Å². The molecule has 4 N–H and O–H groups in total. The van der Waals surface area contributed by atoms with Crippen LogP contribution in [0.15, 0.2) is 0 Å². The van der Waals surface area contributed by atoms with Crippen molar-refractivity contribution in [3.05, 3.63) is 0 Å². The van der Waals surface area contributed by atoms with Crippen LogP contribution >= 0.6 is 0 Å². The summed E-state index contributed by atoms with van der Waals surface area (Å²) in [4.78, 5) is 11.4. The largest absolute Gasteiger partial charge is 0.355 e. The van der Waals surface area contributed by atoms with E-state index in [0.717, 1.165) is 6.42 Å². The third-order valence-corrected chi connectivity index (χ3v) is 4.25. The number of nitrogens with zero attached hydrogens (tertiary/aromatic N) is 1. The van der Waals surface area contributed by atoms with Crippen LogP contribution in [0.5, 0.6) is 0 Å². The van der Waals surface area contributed by atoms with E-state index in [9.17, 15) is 13.2 Å². The Morgan fingerprint density at radius 2 is 2.29 bits per heavy atom. The number of piperidine rings is 1. The van der Waals surface area contributed by atoms with Crippen LogP contribution < -0.4 is 15.8 Å². The van der Waals surface area contributed by atoms with Crippen LogP contribution in [0, 0.1) is 0 Å². The van der Waals surface area contributed by atoms with Crippen LogP contribution in [0.1, 0.15) is 19.3 Å². The maximum absolute atomic E-state index is 11.8. The van der Waals surface area contributed by atoms with Crippen molar-refractivity contribution < 1.29 is 13.2 Å². The molecule has 1 heterocycles. The summed E-state index contributed by atoms with van der Waals surface area (Å²) in [6.45, 7) is 1.39. The predicted molar refractivity (Wildman–Crippen MR) is 64.4 cm³/mol. The molecule has 0 bridgehead atoms. The Balaban J connectivity index is 2.55. The Hall–Kier alpha value is -0.700. The number of nitrogens with two attached hydrogens (primary N) is 1. The summed E-state index contributed by atoms with van der Waals surface area (Å²) in [7, 11) is -2.13. The molecule has 8 heteroatoms. The number of nitrogens with one attached hydrogen (secondary N) is 2. The van der Waals surface area contributed by atoms with Gasteiger partial charge in [0, 0.05) is 20.1 Å². The topological polar surface area (TPSA) is 105 Å². The van der Waals surface area contributed by atoms with Crippen LogP contribution in [-0.4, -0.2) is 51.4 Å². The summed E-state index contributed by atoms with van der Waals surface area (Å²) >= 11 is 0. The lowest BCUT2D eigenvalue weighted by Gasteiger charge is -2.25. The van der Waals surface area contributed by atoms with Gasteiger partial charge >= 0.3 is 0 Å². The monoisotopic (exact) mass is 264 g/mol. The van der Waals surface area contributed by atoms with E-state index < -0.39 is 16.3 Å². The highest BCUT2D eigenvalue weighted by molar-refractivity contribution is 7.87. The number of amides is 1. The maximum Gasteiger partial charge on any atom is 0.279 e. The Morgan fingerprint density at radius 1 is 1.59 bits per heavy atom. The summed E-state index contributed by atoms with van der Waals surface area (Å²) in [6.07, 6.45) is 1.91. The van der Waals surface area contributed by atoms with E-state index in [2.05, 4.69) is 10.0 Å². The number of hydrogen-bond donors (Lipinski definition) is 3. The first kappa shape index (κ1) is 14.4. The zero-order valence-electron chi connectivity index (χ0n) is 9.98. The van der Waals surface area contributed by atoms with Crippen molar-refractivity contribution in [1.29, 1.82) is 0 Å². The molecule has 0 spiro atoms. The van der Waals surface area contributed by atoms with E-state index >= 15 is 0 Å². The molecule has 1 amide bonds. The Bertz CT molecular complexity index is 357. The van der Waals surface area contributed by atoms with Crippen molar-refractivity contribution in [2.75, 3.05) is 26.7 Å². The minimum absolute atomic E-state index is 0.257. The van der Waals surface area contributed by atoms with E-state index in [4.69, 9.17) is 5.73 Å². The molecule has 100 valence electrons. The number of hydrogen-bond acceptors (Lipinski definition) is 4. The molecular weight excluding hydrogens is 244 g/mol. The second kappa shape index (κ2) is 6.29. The molecule has 1 aliphatic heterocycles. The van der Waals surface area contributed by atoms with Gasteiger partial charge in [-0.2, -0.15) is 17.4 Å².